The zero-order chi connectivity index (χ0) is 32.8. The average molecular weight is 618 g/mol. The van der Waals surface area contributed by atoms with E-state index < -0.39 is 5.60 Å². The Balaban J connectivity index is 1.27. The van der Waals surface area contributed by atoms with Gasteiger partial charge in [-0.05, 0) is 59.0 Å². The molecule has 1 aliphatic rings. The lowest BCUT2D eigenvalue weighted by molar-refractivity contribution is 0.0348. The van der Waals surface area contributed by atoms with Crippen LogP contribution in [0.5, 0.6) is 0 Å². The number of para-hydroxylation sites is 1. The number of ether oxygens (including phenoxy) is 1. The van der Waals surface area contributed by atoms with Crippen molar-refractivity contribution >= 4 is 33.9 Å². The van der Waals surface area contributed by atoms with Crippen molar-refractivity contribution in [3.05, 3.63) is 215 Å². The molecule has 0 bridgehead atoms. The van der Waals surface area contributed by atoms with E-state index in [0.29, 0.717) is 17.8 Å². The molecule has 4 heteroatoms. The molecule has 6 aromatic rings. The lowest BCUT2D eigenvalue weighted by Gasteiger charge is -2.39. The van der Waals surface area contributed by atoms with Gasteiger partial charge in [0.05, 0.1) is 18.3 Å². The van der Waals surface area contributed by atoms with Gasteiger partial charge in [-0.25, -0.2) is 10.1 Å². The fourth-order valence-electron chi connectivity index (χ4n) is 6.38. The van der Waals surface area contributed by atoms with Crippen molar-refractivity contribution in [3.63, 3.8) is 0 Å². The largest absolute Gasteiger partial charge is 0.478 e. The predicted octanol–water partition coefficient (Wildman–Crippen LogP) is 11.3. The zero-order valence-corrected chi connectivity index (χ0v) is 26.2. The van der Waals surface area contributed by atoms with E-state index in [1.807, 2.05) is 85.0 Å². The fraction of sp³-hybridized carbons (Fsp3) is 0.0455. The van der Waals surface area contributed by atoms with E-state index in [0.717, 1.165) is 33.8 Å². The smallest absolute Gasteiger partial charge is 0.265 e. The van der Waals surface area contributed by atoms with E-state index in [1.54, 1.807) is 0 Å². The number of anilines is 3. The van der Waals surface area contributed by atoms with E-state index in [9.17, 15) is 5.26 Å². The maximum absolute atomic E-state index is 9.86. The topological polar surface area (TPSA) is 40.6 Å². The van der Waals surface area contributed by atoms with Crippen LogP contribution in [0.1, 0.15) is 23.1 Å². The van der Waals surface area contributed by atoms with Crippen LogP contribution in [0.25, 0.3) is 21.7 Å². The van der Waals surface area contributed by atoms with Gasteiger partial charge in [0.2, 0.25) is 0 Å². The number of allylic oxidation sites excluding steroid dienone is 3. The Kier molecular flexibility index (Phi) is 8.39. The van der Waals surface area contributed by atoms with Crippen molar-refractivity contribution in [3.8, 4) is 6.07 Å². The van der Waals surface area contributed by atoms with Crippen molar-refractivity contribution in [1.82, 2.24) is 0 Å². The first-order valence-corrected chi connectivity index (χ1v) is 15.8. The Morgan fingerprint density at radius 1 is 0.688 bits per heavy atom. The van der Waals surface area contributed by atoms with Crippen LogP contribution in [0.15, 0.2) is 187 Å². The standard InChI is InChI=1S/C44H31N3O/c1-46-42(32-45)35-30-40(48-44(31-35,36-16-5-2-6-17-36)37-18-7-3-8-19-37)29-26-33-24-27-39(28-25-33)47(38-20-9-4-10-21-38)43-23-13-15-34-14-11-12-22-41(34)43/h2-30H,31H2. The molecule has 228 valence electrons. The van der Waals surface area contributed by atoms with Crippen LogP contribution in [0, 0.1) is 17.9 Å². The van der Waals surface area contributed by atoms with Crippen LogP contribution in [0.3, 0.4) is 0 Å². The van der Waals surface area contributed by atoms with Gasteiger partial charge in [-0.15, -0.1) is 0 Å². The molecule has 0 unspecified atom stereocenters. The molecule has 0 atom stereocenters. The second-order valence-electron chi connectivity index (χ2n) is 11.6. The Labute approximate surface area is 281 Å². The highest BCUT2D eigenvalue weighted by atomic mass is 16.5. The maximum atomic E-state index is 9.86. The summed E-state index contributed by atoms with van der Waals surface area (Å²) in [6.07, 6.45) is 6.12. The van der Waals surface area contributed by atoms with Crippen LogP contribution < -0.4 is 4.90 Å². The SMILES string of the molecule is [C-]#[N+]C(C#N)=C1C=C(C=Cc2ccc(N(c3ccccc3)c3cccc4ccccc34)cc2)OC(c2ccccc2)(c2ccccc2)C1. The van der Waals surface area contributed by atoms with Crippen LogP contribution in [-0.4, -0.2) is 0 Å². The molecule has 0 radical (unpaired) electrons. The van der Waals surface area contributed by atoms with Gasteiger partial charge in [-0.2, -0.15) is 0 Å². The summed E-state index contributed by atoms with van der Waals surface area (Å²) in [7, 11) is 0. The van der Waals surface area contributed by atoms with E-state index in [4.69, 9.17) is 11.3 Å². The molecule has 0 saturated carbocycles. The minimum atomic E-state index is -0.905. The maximum Gasteiger partial charge on any atom is 0.265 e. The van der Waals surface area contributed by atoms with Gasteiger partial charge < -0.3 is 9.64 Å². The van der Waals surface area contributed by atoms with E-state index >= 15 is 0 Å². The molecule has 0 aromatic heterocycles. The second-order valence-corrected chi connectivity index (χ2v) is 11.6. The van der Waals surface area contributed by atoms with Crippen molar-refractivity contribution in [2.24, 2.45) is 0 Å². The molecule has 0 aliphatic carbocycles. The summed E-state index contributed by atoms with van der Waals surface area (Å²) in [6.45, 7) is 7.71. The average Bonchev–Trinajstić information content (AvgIpc) is 3.16. The summed E-state index contributed by atoms with van der Waals surface area (Å²) in [5.74, 6) is 0.575. The Bertz CT molecular complexity index is 2180. The Hall–Kier alpha value is -6.62. The first-order chi connectivity index (χ1) is 23.7. The first-order valence-electron chi connectivity index (χ1n) is 15.8. The van der Waals surface area contributed by atoms with E-state index in [2.05, 4.69) is 107 Å². The summed E-state index contributed by atoms with van der Waals surface area (Å²) < 4.78 is 6.88. The van der Waals surface area contributed by atoms with Crippen molar-refractivity contribution in [1.29, 1.82) is 5.26 Å². The number of benzene rings is 6. The third kappa shape index (κ3) is 5.87. The summed E-state index contributed by atoms with van der Waals surface area (Å²) in [4.78, 5) is 5.85. The minimum absolute atomic E-state index is 0.0687. The normalized spacial score (nSPS) is 14.8. The molecule has 0 fully saturated rings. The third-order valence-electron chi connectivity index (χ3n) is 8.66. The number of nitrogens with zero attached hydrogens (tertiary/aromatic N) is 3. The zero-order valence-electron chi connectivity index (χ0n) is 26.2. The lowest BCUT2D eigenvalue weighted by atomic mass is 9.79. The molecule has 6 aromatic carbocycles. The van der Waals surface area contributed by atoms with Gasteiger partial charge in [-0.1, -0.05) is 133 Å². The van der Waals surface area contributed by atoms with Crippen molar-refractivity contribution < 1.29 is 4.74 Å². The summed E-state index contributed by atoms with van der Waals surface area (Å²) in [5.41, 5.74) is 5.92. The lowest BCUT2D eigenvalue weighted by Crippen LogP contribution is -2.34. The molecular weight excluding hydrogens is 587 g/mol. The number of nitriles is 1. The molecule has 1 aliphatic heterocycles. The number of fused-ring (bicyclic) bond motifs is 1. The van der Waals surface area contributed by atoms with Gasteiger partial charge in [0, 0.05) is 34.3 Å². The van der Waals surface area contributed by atoms with Crippen LogP contribution in [-0.2, 0) is 10.3 Å². The molecule has 0 spiro atoms. The highest BCUT2D eigenvalue weighted by molar-refractivity contribution is 5.98. The monoisotopic (exact) mass is 617 g/mol. The van der Waals surface area contributed by atoms with Gasteiger partial charge in [-0.3, -0.25) is 0 Å². The summed E-state index contributed by atoms with van der Waals surface area (Å²) in [5, 5.41) is 12.2. The van der Waals surface area contributed by atoms with Gasteiger partial charge >= 0.3 is 0 Å². The quantitative estimate of drug-likeness (QED) is 0.132. The van der Waals surface area contributed by atoms with Gasteiger partial charge in [0.25, 0.3) is 5.70 Å². The van der Waals surface area contributed by atoms with E-state index in [-0.39, 0.29) is 5.70 Å². The number of hydrogen-bond acceptors (Lipinski definition) is 3. The second kappa shape index (κ2) is 13.4. The van der Waals surface area contributed by atoms with Gasteiger partial charge in [0.15, 0.2) is 5.60 Å². The molecule has 48 heavy (non-hydrogen) atoms. The molecule has 0 saturated heterocycles. The van der Waals surface area contributed by atoms with Gasteiger partial charge in [0.1, 0.15) is 5.76 Å². The van der Waals surface area contributed by atoms with Crippen LogP contribution >= 0.6 is 0 Å². The first kappa shape index (κ1) is 30.1. The van der Waals surface area contributed by atoms with Crippen molar-refractivity contribution in [2.45, 2.75) is 12.0 Å². The minimum Gasteiger partial charge on any atom is -0.478 e. The Morgan fingerprint density at radius 3 is 1.92 bits per heavy atom. The third-order valence-corrected chi connectivity index (χ3v) is 8.66. The summed E-state index contributed by atoms with van der Waals surface area (Å²) >= 11 is 0. The molecular formula is C44H31N3O. The highest BCUT2D eigenvalue weighted by Gasteiger charge is 2.40. The molecule has 0 N–H and O–H groups in total. The Morgan fingerprint density at radius 2 is 1.27 bits per heavy atom. The predicted molar refractivity (Wildman–Crippen MR) is 194 cm³/mol. The molecule has 7 rings (SSSR count). The van der Waals surface area contributed by atoms with Crippen LogP contribution in [0.2, 0.25) is 0 Å². The molecule has 0 amide bonds. The highest BCUT2D eigenvalue weighted by Crippen LogP contribution is 2.46. The van der Waals surface area contributed by atoms with Crippen LogP contribution in [0.4, 0.5) is 17.1 Å². The molecule has 1 heterocycles. The fourth-order valence-corrected chi connectivity index (χ4v) is 6.38. The van der Waals surface area contributed by atoms with E-state index in [1.165, 1.54) is 10.8 Å². The number of rotatable bonds is 7. The molecule has 4 nitrogen and oxygen atoms in total. The summed E-state index contributed by atoms with van der Waals surface area (Å²) in [6, 6.07) is 55.8. The number of hydrogen-bond donors (Lipinski definition) is 0. The van der Waals surface area contributed by atoms with Crippen molar-refractivity contribution in [2.75, 3.05) is 4.90 Å².